The molecule has 3 heteroatoms. The van der Waals surface area contributed by atoms with Crippen LogP contribution in [-0.2, 0) is 14.6 Å². The van der Waals surface area contributed by atoms with Crippen LogP contribution in [0.2, 0.25) is 0 Å². The topological polar surface area (TPSA) is 35.5 Å². The largest absolute Gasteiger partial charge is 0.339 e. The van der Waals surface area contributed by atoms with E-state index in [1.54, 1.807) is 0 Å². The zero-order valence-corrected chi connectivity index (χ0v) is 7.26. The van der Waals surface area contributed by atoms with Gasteiger partial charge in [-0.3, -0.25) is 4.89 Å². The molecule has 0 radical (unpaired) electrons. The summed E-state index contributed by atoms with van der Waals surface area (Å²) in [6.07, 6.45) is 4.51. The Kier molecular flexibility index (Phi) is 7.15. The number of carbonyl (C=O) groups excluding carboxylic acids is 1. The summed E-state index contributed by atoms with van der Waals surface area (Å²) in [6.45, 7) is 3.98. The van der Waals surface area contributed by atoms with Crippen LogP contribution in [0.4, 0.5) is 0 Å². The van der Waals surface area contributed by atoms with Gasteiger partial charge in [-0.15, -0.1) is 0 Å². The lowest BCUT2D eigenvalue weighted by atomic mass is 10.2. The first-order valence-electron chi connectivity index (χ1n) is 4.07. The molecule has 0 unspecified atom stereocenters. The molecule has 0 amide bonds. The molecule has 0 aromatic heterocycles. The molecular weight excluding hydrogens is 144 g/mol. The summed E-state index contributed by atoms with van der Waals surface area (Å²) < 4.78 is 0. The maximum absolute atomic E-state index is 10.2. The highest BCUT2D eigenvalue weighted by atomic mass is 17.2. The summed E-state index contributed by atoms with van der Waals surface area (Å²) in [6, 6.07) is 0. The second kappa shape index (κ2) is 7.54. The predicted molar refractivity (Wildman–Crippen MR) is 41.9 cm³/mol. The van der Waals surface area contributed by atoms with E-state index in [-0.39, 0.29) is 5.97 Å². The number of rotatable bonds is 6. The van der Waals surface area contributed by atoms with Gasteiger partial charge in [-0.2, -0.15) is 4.89 Å². The first kappa shape index (κ1) is 10.4. The molecule has 0 fully saturated rings. The summed E-state index contributed by atoms with van der Waals surface area (Å²) in [4.78, 5) is 19.1. The van der Waals surface area contributed by atoms with Gasteiger partial charge in [0, 0.05) is 6.92 Å². The van der Waals surface area contributed by atoms with Crippen LogP contribution in [-0.4, -0.2) is 12.6 Å². The molecule has 0 heterocycles. The molecule has 0 saturated heterocycles. The van der Waals surface area contributed by atoms with Crippen LogP contribution in [0.3, 0.4) is 0 Å². The number of hydrogen-bond acceptors (Lipinski definition) is 3. The Morgan fingerprint density at radius 1 is 1.27 bits per heavy atom. The van der Waals surface area contributed by atoms with Gasteiger partial charge < -0.3 is 0 Å². The van der Waals surface area contributed by atoms with Gasteiger partial charge in [-0.1, -0.05) is 26.2 Å². The third-order valence-electron chi connectivity index (χ3n) is 1.26. The smallest absolute Gasteiger partial charge is 0.299 e. The summed E-state index contributed by atoms with van der Waals surface area (Å²) in [5, 5.41) is 0. The normalized spacial score (nSPS) is 9.64. The van der Waals surface area contributed by atoms with Crippen LogP contribution in [0.25, 0.3) is 0 Å². The fourth-order valence-corrected chi connectivity index (χ4v) is 0.712. The van der Waals surface area contributed by atoms with Gasteiger partial charge in [0.15, 0.2) is 0 Å². The van der Waals surface area contributed by atoms with Crippen molar-refractivity contribution in [3.05, 3.63) is 0 Å². The van der Waals surface area contributed by atoms with Crippen molar-refractivity contribution >= 4 is 5.97 Å². The highest BCUT2D eigenvalue weighted by molar-refractivity contribution is 5.65. The van der Waals surface area contributed by atoms with E-state index in [1.807, 2.05) is 0 Å². The molecule has 0 bridgehead atoms. The van der Waals surface area contributed by atoms with Crippen LogP contribution in [0.1, 0.15) is 39.5 Å². The van der Waals surface area contributed by atoms with E-state index in [0.717, 1.165) is 12.8 Å². The van der Waals surface area contributed by atoms with Crippen LogP contribution in [0.5, 0.6) is 0 Å². The van der Waals surface area contributed by atoms with Gasteiger partial charge >= 0.3 is 5.97 Å². The van der Waals surface area contributed by atoms with E-state index in [0.29, 0.717) is 6.61 Å². The van der Waals surface area contributed by atoms with E-state index in [1.165, 1.54) is 19.8 Å². The lowest BCUT2D eigenvalue weighted by Gasteiger charge is -1.99. The Labute approximate surface area is 67.6 Å². The number of unbranched alkanes of at least 4 members (excludes halogenated alkanes) is 3. The highest BCUT2D eigenvalue weighted by Crippen LogP contribution is 1.98. The summed E-state index contributed by atoms with van der Waals surface area (Å²) in [5.41, 5.74) is 0. The minimum atomic E-state index is -0.388. The molecule has 0 aliphatic carbocycles. The lowest BCUT2D eigenvalue weighted by Crippen LogP contribution is -2.01. The molecule has 0 aromatic carbocycles. The zero-order chi connectivity index (χ0) is 8.53. The third kappa shape index (κ3) is 9.43. The second-order valence-electron chi connectivity index (χ2n) is 2.46. The average molecular weight is 160 g/mol. The summed E-state index contributed by atoms with van der Waals surface area (Å²) >= 11 is 0. The van der Waals surface area contributed by atoms with Crippen molar-refractivity contribution in [2.45, 2.75) is 39.5 Å². The molecule has 0 spiro atoms. The third-order valence-corrected chi connectivity index (χ3v) is 1.26. The zero-order valence-electron chi connectivity index (χ0n) is 7.26. The highest BCUT2D eigenvalue weighted by Gasteiger charge is 1.92. The van der Waals surface area contributed by atoms with E-state index < -0.39 is 0 Å². The lowest BCUT2D eigenvalue weighted by molar-refractivity contribution is -0.270. The van der Waals surface area contributed by atoms with Gasteiger partial charge in [0.25, 0.3) is 0 Å². The van der Waals surface area contributed by atoms with Gasteiger partial charge in [-0.25, -0.2) is 4.79 Å². The summed E-state index contributed by atoms with van der Waals surface area (Å²) in [5.74, 6) is -0.388. The molecule has 0 atom stereocenters. The van der Waals surface area contributed by atoms with Gasteiger partial charge in [0.2, 0.25) is 0 Å². The molecule has 0 rings (SSSR count). The Hall–Kier alpha value is -0.570. The van der Waals surface area contributed by atoms with Gasteiger partial charge in [-0.05, 0) is 6.42 Å². The SMILES string of the molecule is CCCCCCOOC(C)=O. The summed E-state index contributed by atoms with van der Waals surface area (Å²) in [7, 11) is 0. The maximum Gasteiger partial charge on any atom is 0.339 e. The molecule has 0 aliphatic heterocycles. The van der Waals surface area contributed by atoms with Crippen LogP contribution >= 0.6 is 0 Å². The van der Waals surface area contributed by atoms with E-state index >= 15 is 0 Å². The average Bonchev–Trinajstić information content (AvgIpc) is 1.96. The minimum absolute atomic E-state index is 0.388. The van der Waals surface area contributed by atoms with E-state index in [2.05, 4.69) is 16.7 Å². The van der Waals surface area contributed by atoms with E-state index in [4.69, 9.17) is 0 Å². The fraction of sp³-hybridized carbons (Fsp3) is 0.875. The molecule has 0 saturated carbocycles. The van der Waals surface area contributed by atoms with Crippen LogP contribution in [0, 0.1) is 0 Å². The quantitative estimate of drug-likeness (QED) is 0.339. The van der Waals surface area contributed by atoms with Crippen LogP contribution < -0.4 is 0 Å². The van der Waals surface area contributed by atoms with Crippen molar-refractivity contribution in [3.63, 3.8) is 0 Å². The monoisotopic (exact) mass is 160 g/mol. The Morgan fingerprint density at radius 2 is 2.00 bits per heavy atom. The number of hydrogen-bond donors (Lipinski definition) is 0. The molecule has 0 aromatic rings. The molecule has 3 nitrogen and oxygen atoms in total. The van der Waals surface area contributed by atoms with Crippen molar-refractivity contribution in [1.29, 1.82) is 0 Å². The standard InChI is InChI=1S/C8H16O3/c1-3-4-5-6-7-10-11-8(2)9/h3-7H2,1-2H3. The molecule has 0 aliphatic rings. The second-order valence-corrected chi connectivity index (χ2v) is 2.46. The Bertz CT molecular complexity index is 102. The first-order valence-corrected chi connectivity index (χ1v) is 4.07. The van der Waals surface area contributed by atoms with Crippen molar-refractivity contribution < 1.29 is 14.6 Å². The van der Waals surface area contributed by atoms with Gasteiger partial charge in [0.05, 0.1) is 6.61 Å². The first-order chi connectivity index (χ1) is 5.27. The van der Waals surface area contributed by atoms with Crippen molar-refractivity contribution in [2.24, 2.45) is 0 Å². The number of carbonyl (C=O) groups is 1. The van der Waals surface area contributed by atoms with Gasteiger partial charge in [0.1, 0.15) is 0 Å². The predicted octanol–water partition coefficient (Wildman–Crippen LogP) is 2.06. The van der Waals surface area contributed by atoms with Crippen molar-refractivity contribution in [2.75, 3.05) is 6.61 Å². The van der Waals surface area contributed by atoms with E-state index in [9.17, 15) is 4.79 Å². The van der Waals surface area contributed by atoms with Crippen molar-refractivity contribution in [1.82, 2.24) is 0 Å². The fourth-order valence-electron chi connectivity index (χ4n) is 0.712. The Morgan fingerprint density at radius 3 is 2.55 bits per heavy atom. The maximum atomic E-state index is 10.2. The molecule has 11 heavy (non-hydrogen) atoms. The molecule has 0 N–H and O–H groups in total. The molecular formula is C8H16O3. The van der Waals surface area contributed by atoms with Crippen molar-refractivity contribution in [3.8, 4) is 0 Å². The Balaban J connectivity index is 2.85. The molecule has 66 valence electrons. The van der Waals surface area contributed by atoms with Crippen LogP contribution in [0.15, 0.2) is 0 Å². The minimum Gasteiger partial charge on any atom is -0.299 e.